The van der Waals surface area contributed by atoms with Crippen molar-refractivity contribution < 1.29 is 4.39 Å². The number of rotatable bonds is 6. The van der Waals surface area contributed by atoms with Gasteiger partial charge in [-0.3, -0.25) is 9.88 Å². The molecule has 0 amide bonds. The van der Waals surface area contributed by atoms with E-state index in [1.807, 2.05) is 30.6 Å². The molecule has 1 saturated heterocycles. The second-order valence-electron chi connectivity index (χ2n) is 7.45. The van der Waals surface area contributed by atoms with Crippen LogP contribution in [-0.2, 0) is 6.54 Å². The molecule has 25 heavy (non-hydrogen) atoms. The van der Waals surface area contributed by atoms with Gasteiger partial charge in [-0.2, -0.15) is 0 Å². The molecule has 2 heterocycles. The van der Waals surface area contributed by atoms with Gasteiger partial charge < -0.3 is 5.32 Å². The molecule has 1 atom stereocenters. The van der Waals surface area contributed by atoms with Crippen molar-refractivity contribution in [3.05, 3.63) is 65.7 Å². The maximum atomic E-state index is 13.2. The molecule has 1 aliphatic carbocycles. The highest BCUT2D eigenvalue weighted by atomic mass is 19.1. The number of nitrogens with one attached hydrogen (secondary N) is 1. The van der Waals surface area contributed by atoms with E-state index < -0.39 is 0 Å². The van der Waals surface area contributed by atoms with Crippen LogP contribution < -0.4 is 5.32 Å². The molecule has 1 aliphatic heterocycles. The van der Waals surface area contributed by atoms with Crippen LogP contribution >= 0.6 is 0 Å². The first-order chi connectivity index (χ1) is 12.3. The van der Waals surface area contributed by atoms with Gasteiger partial charge in [0.05, 0.1) is 0 Å². The molecule has 0 bridgehead atoms. The van der Waals surface area contributed by atoms with Gasteiger partial charge in [0.1, 0.15) is 5.82 Å². The fourth-order valence-corrected chi connectivity index (χ4v) is 3.87. The van der Waals surface area contributed by atoms with Gasteiger partial charge >= 0.3 is 0 Å². The van der Waals surface area contributed by atoms with E-state index in [1.165, 1.54) is 36.8 Å². The molecule has 1 saturated carbocycles. The molecular formula is C21H26FN3. The van der Waals surface area contributed by atoms with Crippen LogP contribution in [-0.4, -0.2) is 29.0 Å². The lowest BCUT2D eigenvalue weighted by Crippen LogP contribution is -2.43. The van der Waals surface area contributed by atoms with E-state index in [0.29, 0.717) is 12.1 Å². The Labute approximate surface area is 149 Å². The molecule has 2 aliphatic rings. The number of aromatic nitrogens is 1. The van der Waals surface area contributed by atoms with Gasteiger partial charge in [0, 0.05) is 31.0 Å². The maximum absolute atomic E-state index is 13.2. The summed E-state index contributed by atoms with van der Waals surface area (Å²) in [5.74, 6) is 0.570. The van der Waals surface area contributed by atoms with Crippen molar-refractivity contribution in [3.8, 4) is 0 Å². The standard InChI is InChI=1S/C21H26FN3/c22-19-7-5-18(6-8-19)21(17-3-4-17)24-20-9-12-25(13-10-20)15-16-2-1-11-23-14-16/h1-2,5-8,11,14,17,20-21,24H,3-4,9-10,12-13,15H2/t21-/m0/s1. The zero-order valence-corrected chi connectivity index (χ0v) is 14.6. The van der Waals surface area contributed by atoms with Crippen molar-refractivity contribution in [2.75, 3.05) is 13.1 Å². The Bertz CT molecular complexity index is 661. The SMILES string of the molecule is Fc1ccc([C@@H](NC2CCN(Cc3cccnc3)CC2)C2CC2)cc1. The van der Waals surface area contributed by atoms with Crippen molar-refractivity contribution in [2.45, 2.75) is 44.3 Å². The average Bonchev–Trinajstić information content (AvgIpc) is 3.48. The van der Waals surface area contributed by atoms with E-state index in [0.717, 1.165) is 25.6 Å². The largest absolute Gasteiger partial charge is 0.307 e. The lowest BCUT2D eigenvalue weighted by atomic mass is 9.97. The molecule has 3 nitrogen and oxygen atoms in total. The van der Waals surface area contributed by atoms with Crippen LogP contribution in [0.15, 0.2) is 48.8 Å². The summed E-state index contributed by atoms with van der Waals surface area (Å²) in [6.07, 6.45) is 8.70. The van der Waals surface area contributed by atoms with Crippen molar-refractivity contribution in [1.29, 1.82) is 0 Å². The molecule has 4 heteroatoms. The predicted octanol–water partition coefficient (Wildman–Crippen LogP) is 3.93. The molecule has 2 fully saturated rings. The fraction of sp³-hybridized carbons (Fsp3) is 0.476. The second kappa shape index (κ2) is 7.63. The zero-order valence-electron chi connectivity index (χ0n) is 14.6. The van der Waals surface area contributed by atoms with Gasteiger partial charge in [0.2, 0.25) is 0 Å². The van der Waals surface area contributed by atoms with E-state index in [1.54, 1.807) is 12.1 Å². The van der Waals surface area contributed by atoms with E-state index in [9.17, 15) is 4.39 Å². The summed E-state index contributed by atoms with van der Waals surface area (Å²) in [5, 5.41) is 3.88. The van der Waals surface area contributed by atoms with Crippen molar-refractivity contribution >= 4 is 0 Å². The normalized spacial score (nSPS) is 20.5. The number of halogens is 1. The van der Waals surface area contributed by atoms with E-state index in [4.69, 9.17) is 0 Å². The topological polar surface area (TPSA) is 28.2 Å². The fourth-order valence-electron chi connectivity index (χ4n) is 3.87. The molecule has 1 aromatic heterocycles. The molecule has 2 aromatic rings. The summed E-state index contributed by atoms with van der Waals surface area (Å²) in [6.45, 7) is 3.23. The van der Waals surface area contributed by atoms with Gasteiger partial charge in [0.25, 0.3) is 0 Å². The van der Waals surface area contributed by atoms with Crippen LogP contribution in [0.1, 0.15) is 42.9 Å². The van der Waals surface area contributed by atoms with Gasteiger partial charge in [-0.1, -0.05) is 18.2 Å². The Hall–Kier alpha value is -1.78. The third-order valence-electron chi connectivity index (χ3n) is 5.45. The van der Waals surface area contributed by atoms with Crippen LogP contribution in [0.5, 0.6) is 0 Å². The molecule has 0 unspecified atom stereocenters. The summed E-state index contributed by atoms with van der Waals surface area (Å²) < 4.78 is 13.2. The summed E-state index contributed by atoms with van der Waals surface area (Å²) in [5.41, 5.74) is 2.53. The lowest BCUT2D eigenvalue weighted by Gasteiger charge is -2.35. The highest BCUT2D eigenvalue weighted by Gasteiger charge is 2.34. The molecule has 0 radical (unpaired) electrons. The Morgan fingerprint density at radius 1 is 1.08 bits per heavy atom. The minimum absolute atomic E-state index is 0.151. The predicted molar refractivity (Wildman–Crippen MR) is 97.5 cm³/mol. The Morgan fingerprint density at radius 2 is 1.84 bits per heavy atom. The maximum Gasteiger partial charge on any atom is 0.123 e. The smallest absolute Gasteiger partial charge is 0.123 e. The monoisotopic (exact) mass is 339 g/mol. The number of pyridine rings is 1. The average molecular weight is 339 g/mol. The van der Waals surface area contributed by atoms with E-state index >= 15 is 0 Å². The second-order valence-corrected chi connectivity index (χ2v) is 7.45. The first-order valence-electron chi connectivity index (χ1n) is 9.41. The summed E-state index contributed by atoms with van der Waals surface area (Å²) in [7, 11) is 0. The van der Waals surface area contributed by atoms with Gasteiger partial charge in [-0.15, -0.1) is 0 Å². The Kier molecular flexibility index (Phi) is 5.09. The van der Waals surface area contributed by atoms with E-state index in [2.05, 4.69) is 21.3 Å². The summed E-state index contributed by atoms with van der Waals surface area (Å²) >= 11 is 0. The number of hydrogen-bond acceptors (Lipinski definition) is 3. The Balaban J connectivity index is 1.32. The minimum atomic E-state index is -0.151. The van der Waals surface area contributed by atoms with Crippen molar-refractivity contribution in [2.24, 2.45) is 5.92 Å². The number of piperidine rings is 1. The summed E-state index contributed by atoms with van der Waals surface area (Å²) in [6, 6.07) is 12.2. The number of hydrogen-bond donors (Lipinski definition) is 1. The van der Waals surface area contributed by atoms with Gasteiger partial charge in [-0.25, -0.2) is 4.39 Å². The molecule has 1 N–H and O–H groups in total. The molecule has 0 spiro atoms. The molecule has 1 aromatic carbocycles. The third-order valence-corrected chi connectivity index (χ3v) is 5.45. The van der Waals surface area contributed by atoms with Crippen LogP contribution in [0.2, 0.25) is 0 Å². The van der Waals surface area contributed by atoms with Crippen LogP contribution in [0.25, 0.3) is 0 Å². The summed E-state index contributed by atoms with van der Waals surface area (Å²) in [4.78, 5) is 6.72. The van der Waals surface area contributed by atoms with Crippen LogP contribution in [0.4, 0.5) is 4.39 Å². The molecular weight excluding hydrogens is 313 g/mol. The number of benzene rings is 1. The highest BCUT2D eigenvalue weighted by Crippen LogP contribution is 2.41. The zero-order chi connectivity index (χ0) is 17.1. The van der Waals surface area contributed by atoms with E-state index in [-0.39, 0.29) is 5.82 Å². The lowest BCUT2D eigenvalue weighted by molar-refractivity contribution is 0.181. The minimum Gasteiger partial charge on any atom is -0.307 e. The van der Waals surface area contributed by atoms with Crippen molar-refractivity contribution in [3.63, 3.8) is 0 Å². The highest BCUT2D eigenvalue weighted by molar-refractivity contribution is 5.22. The van der Waals surface area contributed by atoms with Crippen LogP contribution in [0, 0.1) is 11.7 Å². The van der Waals surface area contributed by atoms with Crippen LogP contribution in [0.3, 0.4) is 0 Å². The van der Waals surface area contributed by atoms with Gasteiger partial charge in [-0.05, 0) is 74.0 Å². The third kappa shape index (κ3) is 4.44. The molecule has 4 rings (SSSR count). The first kappa shape index (κ1) is 16.7. The Morgan fingerprint density at radius 3 is 2.48 bits per heavy atom. The van der Waals surface area contributed by atoms with Crippen molar-refractivity contribution in [1.82, 2.24) is 15.2 Å². The number of likely N-dealkylation sites (tertiary alicyclic amines) is 1. The van der Waals surface area contributed by atoms with Gasteiger partial charge in [0.15, 0.2) is 0 Å². The molecule has 132 valence electrons. The first-order valence-corrected chi connectivity index (χ1v) is 9.41. The number of nitrogens with zero attached hydrogens (tertiary/aromatic N) is 2. The quantitative estimate of drug-likeness (QED) is 0.864.